The van der Waals surface area contributed by atoms with Crippen molar-refractivity contribution in [2.75, 3.05) is 7.11 Å². The molecule has 18 heavy (non-hydrogen) atoms. The average Bonchev–Trinajstić information content (AvgIpc) is 2.40. The molecule has 102 valence electrons. The molecule has 3 nitrogen and oxygen atoms in total. The van der Waals surface area contributed by atoms with Crippen LogP contribution >= 0.6 is 0 Å². The molecule has 0 N–H and O–H groups in total. The predicted molar refractivity (Wildman–Crippen MR) is 70.3 cm³/mol. The number of allylic oxidation sites excluding steroid dienone is 1. The van der Waals surface area contributed by atoms with Crippen LogP contribution < -0.4 is 0 Å². The van der Waals surface area contributed by atoms with Gasteiger partial charge in [0.25, 0.3) is 0 Å². The summed E-state index contributed by atoms with van der Waals surface area (Å²) in [5.74, 6) is -0.0721. The van der Waals surface area contributed by atoms with E-state index in [0.717, 1.165) is 32.1 Å². The fourth-order valence-electron chi connectivity index (χ4n) is 2.93. The maximum atomic E-state index is 11.9. The van der Waals surface area contributed by atoms with Crippen molar-refractivity contribution in [3.8, 4) is 0 Å². The molecule has 0 spiro atoms. The summed E-state index contributed by atoms with van der Waals surface area (Å²) < 4.78 is 11.0. The molecular formula is C15H24O3. The third-order valence-electron chi connectivity index (χ3n) is 3.98. The number of esters is 1. The lowest BCUT2D eigenvalue weighted by molar-refractivity contribution is -0.158. The minimum atomic E-state index is -0.0721. The van der Waals surface area contributed by atoms with Crippen LogP contribution in [0, 0.1) is 0 Å². The fraction of sp³-hybridized carbons (Fsp3) is 0.800. The SMILES string of the molecule is CO[C@@H]1CCCC[C@@H]1OC(=O)CC1=CCCCC1. The zero-order chi connectivity index (χ0) is 12.8. The molecule has 0 bridgehead atoms. The van der Waals surface area contributed by atoms with Crippen molar-refractivity contribution in [2.24, 2.45) is 0 Å². The van der Waals surface area contributed by atoms with Gasteiger partial charge in [-0.2, -0.15) is 0 Å². The van der Waals surface area contributed by atoms with Crippen molar-refractivity contribution >= 4 is 5.97 Å². The average molecular weight is 252 g/mol. The summed E-state index contributed by atoms with van der Waals surface area (Å²) in [6, 6.07) is 0. The molecule has 0 aliphatic heterocycles. The molecule has 1 saturated carbocycles. The van der Waals surface area contributed by atoms with E-state index in [1.807, 2.05) is 0 Å². The highest BCUT2D eigenvalue weighted by Crippen LogP contribution is 2.25. The van der Waals surface area contributed by atoms with E-state index in [-0.39, 0.29) is 18.2 Å². The molecule has 0 aromatic heterocycles. The van der Waals surface area contributed by atoms with Gasteiger partial charge in [0, 0.05) is 7.11 Å². The van der Waals surface area contributed by atoms with Gasteiger partial charge in [-0.1, -0.05) is 18.1 Å². The third kappa shape index (κ3) is 3.84. The maximum absolute atomic E-state index is 11.9. The van der Waals surface area contributed by atoms with Gasteiger partial charge in [-0.3, -0.25) is 4.79 Å². The lowest BCUT2D eigenvalue weighted by Crippen LogP contribution is -2.35. The van der Waals surface area contributed by atoms with Crippen molar-refractivity contribution in [3.05, 3.63) is 11.6 Å². The predicted octanol–water partition coefficient (Wildman–Crippen LogP) is 3.38. The Morgan fingerprint density at radius 1 is 1.22 bits per heavy atom. The molecular weight excluding hydrogens is 228 g/mol. The van der Waals surface area contributed by atoms with Crippen LogP contribution in [0.1, 0.15) is 57.8 Å². The van der Waals surface area contributed by atoms with Crippen molar-refractivity contribution in [1.82, 2.24) is 0 Å². The summed E-state index contributed by atoms with van der Waals surface area (Å²) in [5, 5.41) is 0. The van der Waals surface area contributed by atoms with Crippen LogP contribution in [-0.2, 0) is 14.3 Å². The van der Waals surface area contributed by atoms with Gasteiger partial charge in [0.2, 0.25) is 0 Å². The highest BCUT2D eigenvalue weighted by atomic mass is 16.6. The summed E-state index contributed by atoms with van der Waals surface area (Å²) in [4.78, 5) is 11.9. The first-order valence-corrected chi connectivity index (χ1v) is 7.20. The van der Waals surface area contributed by atoms with E-state index >= 15 is 0 Å². The second kappa shape index (κ2) is 6.93. The maximum Gasteiger partial charge on any atom is 0.310 e. The highest BCUT2D eigenvalue weighted by molar-refractivity contribution is 5.72. The van der Waals surface area contributed by atoms with Crippen LogP contribution in [-0.4, -0.2) is 25.3 Å². The lowest BCUT2D eigenvalue weighted by Gasteiger charge is -2.30. The molecule has 2 atom stereocenters. The molecule has 2 aliphatic carbocycles. The Bertz CT molecular complexity index is 309. The van der Waals surface area contributed by atoms with Gasteiger partial charge in [0.1, 0.15) is 6.10 Å². The minimum absolute atomic E-state index is 0.0274. The minimum Gasteiger partial charge on any atom is -0.459 e. The Labute approximate surface area is 110 Å². The van der Waals surface area contributed by atoms with Crippen LogP contribution in [0.3, 0.4) is 0 Å². The summed E-state index contributed by atoms with van der Waals surface area (Å²) in [6.45, 7) is 0. The summed E-state index contributed by atoms with van der Waals surface area (Å²) in [5.41, 5.74) is 1.26. The molecule has 0 aromatic rings. The number of ether oxygens (including phenoxy) is 2. The van der Waals surface area contributed by atoms with E-state index in [9.17, 15) is 4.79 Å². The molecule has 0 heterocycles. The number of rotatable bonds is 4. The standard InChI is InChI=1S/C15H24O3/c1-17-13-9-5-6-10-14(13)18-15(16)11-12-7-3-2-4-8-12/h7,13-14H,2-6,8-11H2,1H3/t13-,14+/m1/s1. The second-order valence-corrected chi connectivity index (χ2v) is 5.37. The van der Waals surface area contributed by atoms with Crippen molar-refractivity contribution in [3.63, 3.8) is 0 Å². The monoisotopic (exact) mass is 252 g/mol. The first kappa shape index (κ1) is 13.6. The Hall–Kier alpha value is -0.830. The Kier molecular flexibility index (Phi) is 5.24. The van der Waals surface area contributed by atoms with Crippen molar-refractivity contribution in [1.29, 1.82) is 0 Å². The van der Waals surface area contributed by atoms with Gasteiger partial charge in [0.15, 0.2) is 0 Å². The highest BCUT2D eigenvalue weighted by Gasteiger charge is 2.28. The normalized spacial score (nSPS) is 28.6. The number of hydrogen-bond donors (Lipinski definition) is 0. The van der Waals surface area contributed by atoms with Gasteiger partial charge in [-0.15, -0.1) is 0 Å². The molecule has 0 saturated heterocycles. The van der Waals surface area contributed by atoms with E-state index in [1.165, 1.54) is 24.8 Å². The lowest BCUT2D eigenvalue weighted by atomic mass is 9.94. The largest absolute Gasteiger partial charge is 0.459 e. The summed E-state index contributed by atoms with van der Waals surface area (Å²) >= 11 is 0. The Morgan fingerprint density at radius 3 is 2.67 bits per heavy atom. The first-order chi connectivity index (χ1) is 8.79. The molecule has 0 aromatic carbocycles. The summed E-state index contributed by atoms with van der Waals surface area (Å²) in [6.07, 6.45) is 11.7. The van der Waals surface area contributed by atoms with Gasteiger partial charge in [-0.05, 0) is 44.9 Å². The summed E-state index contributed by atoms with van der Waals surface area (Å²) in [7, 11) is 1.71. The van der Waals surface area contributed by atoms with E-state index in [0.29, 0.717) is 6.42 Å². The first-order valence-electron chi connectivity index (χ1n) is 7.20. The Balaban J connectivity index is 1.80. The second-order valence-electron chi connectivity index (χ2n) is 5.37. The smallest absolute Gasteiger partial charge is 0.310 e. The molecule has 3 heteroatoms. The zero-order valence-corrected chi connectivity index (χ0v) is 11.3. The Morgan fingerprint density at radius 2 is 2.00 bits per heavy atom. The van der Waals surface area contributed by atoms with Gasteiger partial charge in [-0.25, -0.2) is 0 Å². The molecule has 0 unspecified atom stereocenters. The third-order valence-corrected chi connectivity index (χ3v) is 3.98. The van der Waals surface area contributed by atoms with Crippen LogP contribution in [0.4, 0.5) is 0 Å². The van der Waals surface area contributed by atoms with Crippen molar-refractivity contribution < 1.29 is 14.3 Å². The van der Waals surface area contributed by atoms with Crippen LogP contribution in [0.15, 0.2) is 11.6 Å². The number of hydrogen-bond acceptors (Lipinski definition) is 3. The van der Waals surface area contributed by atoms with Crippen LogP contribution in [0.5, 0.6) is 0 Å². The fourth-order valence-corrected chi connectivity index (χ4v) is 2.93. The number of carbonyl (C=O) groups is 1. The number of methoxy groups -OCH3 is 1. The van der Waals surface area contributed by atoms with Gasteiger partial charge < -0.3 is 9.47 Å². The van der Waals surface area contributed by atoms with E-state index in [1.54, 1.807) is 7.11 Å². The quantitative estimate of drug-likeness (QED) is 0.568. The molecule has 0 radical (unpaired) electrons. The van der Waals surface area contributed by atoms with Gasteiger partial charge >= 0.3 is 5.97 Å². The van der Waals surface area contributed by atoms with Crippen molar-refractivity contribution in [2.45, 2.75) is 70.0 Å². The topological polar surface area (TPSA) is 35.5 Å². The molecule has 0 amide bonds. The van der Waals surface area contributed by atoms with E-state index < -0.39 is 0 Å². The van der Waals surface area contributed by atoms with E-state index in [2.05, 4.69) is 6.08 Å². The molecule has 1 fully saturated rings. The zero-order valence-electron chi connectivity index (χ0n) is 11.3. The molecule has 2 rings (SSSR count). The van der Waals surface area contributed by atoms with Crippen LogP contribution in [0.2, 0.25) is 0 Å². The van der Waals surface area contributed by atoms with Gasteiger partial charge in [0.05, 0.1) is 12.5 Å². The van der Waals surface area contributed by atoms with E-state index in [4.69, 9.17) is 9.47 Å². The molecule has 2 aliphatic rings. The number of carbonyl (C=O) groups excluding carboxylic acids is 1. The van der Waals surface area contributed by atoms with Crippen LogP contribution in [0.25, 0.3) is 0 Å².